The quantitative estimate of drug-likeness (QED) is 0.839. The Hall–Kier alpha value is -3.03. The molecule has 0 spiro atoms. The Labute approximate surface area is 141 Å². The van der Waals surface area contributed by atoms with Gasteiger partial charge in [-0.15, -0.1) is 0 Å². The number of anilines is 1. The number of halogens is 3. The van der Waals surface area contributed by atoms with Crippen molar-refractivity contribution in [1.29, 1.82) is 0 Å². The van der Waals surface area contributed by atoms with Gasteiger partial charge in [-0.3, -0.25) is 9.59 Å². The molecule has 0 fully saturated rings. The van der Waals surface area contributed by atoms with Gasteiger partial charge in [0.15, 0.2) is 0 Å². The van der Waals surface area contributed by atoms with Gasteiger partial charge >= 0.3 is 6.61 Å². The maximum absolute atomic E-state index is 13.4. The van der Waals surface area contributed by atoms with Crippen LogP contribution in [-0.4, -0.2) is 25.0 Å². The van der Waals surface area contributed by atoms with E-state index in [-0.39, 0.29) is 17.0 Å². The van der Waals surface area contributed by atoms with Crippen LogP contribution in [-0.2, 0) is 4.79 Å². The summed E-state index contributed by atoms with van der Waals surface area (Å²) in [5.74, 6) is -2.11. The molecule has 5 nitrogen and oxygen atoms in total. The number of alkyl halides is 2. The summed E-state index contributed by atoms with van der Waals surface area (Å²) in [6, 6.07) is 9.60. The number of benzene rings is 2. The van der Waals surface area contributed by atoms with E-state index in [4.69, 9.17) is 0 Å². The highest BCUT2D eigenvalue weighted by Crippen LogP contribution is 2.20. The van der Waals surface area contributed by atoms with E-state index in [9.17, 15) is 22.8 Å². The minimum absolute atomic E-state index is 0.128. The summed E-state index contributed by atoms with van der Waals surface area (Å²) >= 11 is 0. The van der Waals surface area contributed by atoms with Gasteiger partial charge in [-0.2, -0.15) is 8.78 Å². The number of hydrogen-bond acceptors (Lipinski definition) is 3. The van der Waals surface area contributed by atoms with Crippen LogP contribution in [0.5, 0.6) is 5.75 Å². The zero-order valence-electron chi connectivity index (χ0n) is 13.2. The normalized spacial score (nSPS) is 10.4. The Morgan fingerprint density at radius 2 is 1.88 bits per heavy atom. The molecule has 2 rings (SSSR count). The molecule has 25 heavy (non-hydrogen) atoms. The molecule has 0 heterocycles. The van der Waals surface area contributed by atoms with Crippen LogP contribution in [0.15, 0.2) is 42.5 Å². The number of para-hydroxylation sites is 1. The number of amides is 2. The molecule has 2 N–H and O–H groups in total. The first-order valence-corrected chi connectivity index (χ1v) is 7.25. The third-order valence-electron chi connectivity index (χ3n) is 3.21. The van der Waals surface area contributed by atoms with Gasteiger partial charge in [0.1, 0.15) is 11.6 Å². The maximum atomic E-state index is 13.4. The van der Waals surface area contributed by atoms with Gasteiger partial charge in [0.2, 0.25) is 5.91 Å². The van der Waals surface area contributed by atoms with Crippen LogP contribution in [0.4, 0.5) is 18.9 Å². The number of hydrogen-bond donors (Lipinski definition) is 2. The zero-order valence-corrected chi connectivity index (χ0v) is 13.2. The van der Waals surface area contributed by atoms with Crippen molar-refractivity contribution in [2.24, 2.45) is 0 Å². The molecule has 2 amide bonds. The summed E-state index contributed by atoms with van der Waals surface area (Å²) in [4.78, 5) is 23.8. The van der Waals surface area contributed by atoms with E-state index in [2.05, 4.69) is 15.4 Å². The first kappa shape index (κ1) is 18.3. The summed E-state index contributed by atoms with van der Waals surface area (Å²) in [7, 11) is 0. The van der Waals surface area contributed by atoms with Crippen LogP contribution < -0.4 is 15.4 Å². The minimum atomic E-state index is -3.08. The largest absolute Gasteiger partial charge is 0.434 e. The third-order valence-corrected chi connectivity index (χ3v) is 3.21. The molecule has 0 bridgehead atoms. The fourth-order valence-electron chi connectivity index (χ4n) is 1.98. The van der Waals surface area contributed by atoms with Crippen LogP contribution >= 0.6 is 0 Å². The van der Waals surface area contributed by atoms with Crippen molar-refractivity contribution in [3.05, 3.63) is 59.4 Å². The van der Waals surface area contributed by atoms with Crippen molar-refractivity contribution in [2.45, 2.75) is 13.5 Å². The predicted molar refractivity (Wildman–Crippen MR) is 85.2 cm³/mol. The van der Waals surface area contributed by atoms with E-state index < -0.39 is 30.8 Å². The molecule has 2 aromatic carbocycles. The van der Waals surface area contributed by atoms with Gasteiger partial charge in [-0.25, -0.2) is 4.39 Å². The van der Waals surface area contributed by atoms with Crippen LogP contribution in [0, 0.1) is 12.7 Å². The van der Waals surface area contributed by atoms with Crippen LogP contribution in [0.25, 0.3) is 0 Å². The second kappa shape index (κ2) is 8.18. The van der Waals surface area contributed by atoms with Gasteiger partial charge in [0.05, 0.1) is 12.1 Å². The fraction of sp³-hybridized carbons (Fsp3) is 0.176. The number of rotatable bonds is 6. The van der Waals surface area contributed by atoms with Gasteiger partial charge in [-0.05, 0) is 36.8 Å². The molecule has 0 radical (unpaired) electrons. The lowest BCUT2D eigenvalue weighted by Gasteiger charge is -2.11. The van der Waals surface area contributed by atoms with Crippen molar-refractivity contribution in [1.82, 2.24) is 5.32 Å². The first-order valence-electron chi connectivity index (χ1n) is 7.25. The Bertz CT molecular complexity index is 781. The molecule has 0 saturated heterocycles. The van der Waals surface area contributed by atoms with Crippen molar-refractivity contribution >= 4 is 17.5 Å². The van der Waals surface area contributed by atoms with E-state index in [0.717, 1.165) is 6.07 Å². The van der Waals surface area contributed by atoms with Gasteiger partial charge in [0.25, 0.3) is 5.91 Å². The molecule has 8 heteroatoms. The Kier molecular flexibility index (Phi) is 5.99. The molecule has 0 aromatic heterocycles. The average Bonchev–Trinajstić information content (AvgIpc) is 2.56. The van der Waals surface area contributed by atoms with Crippen molar-refractivity contribution in [3.8, 4) is 5.75 Å². The highest BCUT2D eigenvalue weighted by Gasteiger charge is 2.16. The summed E-state index contributed by atoms with van der Waals surface area (Å²) in [5.41, 5.74) is 0.544. The number of carbonyl (C=O) groups is 2. The minimum Gasteiger partial charge on any atom is -0.434 e. The highest BCUT2D eigenvalue weighted by molar-refractivity contribution is 6.00. The number of aryl methyl sites for hydroxylation is 1. The fourth-order valence-corrected chi connectivity index (χ4v) is 1.98. The molecule has 2 aromatic rings. The molecule has 0 atom stereocenters. The van der Waals surface area contributed by atoms with Crippen molar-refractivity contribution in [2.75, 3.05) is 11.9 Å². The Morgan fingerprint density at radius 3 is 2.56 bits per heavy atom. The Morgan fingerprint density at radius 1 is 1.16 bits per heavy atom. The summed E-state index contributed by atoms with van der Waals surface area (Å²) < 4.78 is 42.3. The molecule has 132 valence electrons. The van der Waals surface area contributed by atoms with Crippen LogP contribution in [0.1, 0.15) is 15.9 Å². The van der Waals surface area contributed by atoms with Crippen LogP contribution in [0.2, 0.25) is 0 Å². The lowest BCUT2D eigenvalue weighted by atomic mass is 10.2. The van der Waals surface area contributed by atoms with Crippen molar-refractivity contribution in [3.63, 3.8) is 0 Å². The Balaban J connectivity index is 1.95. The second-order valence-corrected chi connectivity index (χ2v) is 5.07. The van der Waals surface area contributed by atoms with E-state index >= 15 is 0 Å². The second-order valence-electron chi connectivity index (χ2n) is 5.07. The smallest absolute Gasteiger partial charge is 0.387 e. The first-order chi connectivity index (χ1) is 11.9. The molecular formula is C17H15F3N2O3. The molecule has 0 saturated carbocycles. The SMILES string of the molecule is Cc1ccc(NC(=O)CNC(=O)c2ccccc2OC(F)F)cc1F. The maximum Gasteiger partial charge on any atom is 0.387 e. The van der Waals surface area contributed by atoms with Gasteiger partial charge in [0, 0.05) is 5.69 Å². The molecule has 0 aliphatic heterocycles. The summed E-state index contributed by atoms with van der Waals surface area (Å²) in [6.07, 6.45) is 0. The molecular weight excluding hydrogens is 337 g/mol. The number of carbonyl (C=O) groups excluding carboxylic acids is 2. The van der Waals surface area contributed by atoms with Crippen LogP contribution in [0.3, 0.4) is 0 Å². The van der Waals surface area contributed by atoms with E-state index in [1.807, 2.05) is 0 Å². The zero-order chi connectivity index (χ0) is 18.4. The molecule has 0 aliphatic rings. The number of nitrogens with one attached hydrogen (secondary N) is 2. The van der Waals surface area contributed by atoms with Gasteiger partial charge < -0.3 is 15.4 Å². The van der Waals surface area contributed by atoms with E-state index in [0.29, 0.717) is 5.56 Å². The lowest BCUT2D eigenvalue weighted by Crippen LogP contribution is -2.33. The van der Waals surface area contributed by atoms with Crippen molar-refractivity contribution < 1.29 is 27.5 Å². The van der Waals surface area contributed by atoms with E-state index in [1.165, 1.54) is 36.4 Å². The van der Waals surface area contributed by atoms with Gasteiger partial charge in [-0.1, -0.05) is 18.2 Å². The summed E-state index contributed by atoms with van der Waals surface area (Å²) in [5, 5.41) is 4.71. The molecule has 0 aliphatic carbocycles. The monoisotopic (exact) mass is 352 g/mol. The highest BCUT2D eigenvalue weighted by atomic mass is 19.3. The lowest BCUT2D eigenvalue weighted by molar-refractivity contribution is -0.115. The topological polar surface area (TPSA) is 67.4 Å². The predicted octanol–water partition coefficient (Wildman–Crippen LogP) is 3.10. The standard InChI is InChI=1S/C17H15F3N2O3/c1-10-6-7-11(8-13(10)18)22-15(23)9-21-16(24)12-4-2-3-5-14(12)25-17(19)20/h2-8,17H,9H2,1H3,(H,21,24)(H,22,23). The average molecular weight is 352 g/mol. The molecule has 0 unspecified atom stereocenters. The summed E-state index contributed by atoms with van der Waals surface area (Å²) in [6.45, 7) is -1.91. The number of ether oxygens (including phenoxy) is 1. The van der Waals surface area contributed by atoms with E-state index in [1.54, 1.807) is 6.92 Å². The third kappa shape index (κ3) is 5.23.